The minimum Gasteiger partial charge on any atom is -0.348 e. The third-order valence-corrected chi connectivity index (χ3v) is 4.97. The van der Waals surface area contributed by atoms with E-state index >= 15 is 0 Å². The zero-order valence-electron chi connectivity index (χ0n) is 15.1. The van der Waals surface area contributed by atoms with Gasteiger partial charge in [0.2, 0.25) is 0 Å². The number of hydrogen-bond acceptors (Lipinski definition) is 3. The van der Waals surface area contributed by atoms with Gasteiger partial charge in [-0.25, -0.2) is 4.68 Å². The van der Waals surface area contributed by atoms with Crippen molar-refractivity contribution >= 4 is 16.7 Å². The molecule has 1 N–H and O–H groups in total. The molecular formula is C20H27N3O2. The van der Waals surface area contributed by atoms with Crippen molar-refractivity contribution in [2.75, 3.05) is 0 Å². The van der Waals surface area contributed by atoms with Crippen LogP contribution in [0.25, 0.3) is 10.8 Å². The topological polar surface area (TPSA) is 64.0 Å². The predicted octanol–water partition coefficient (Wildman–Crippen LogP) is 3.82. The van der Waals surface area contributed by atoms with Gasteiger partial charge in [0.25, 0.3) is 11.5 Å². The van der Waals surface area contributed by atoms with Crippen molar-refractivity contribution in [2.24, 2.45) is 0 Å². The molecule has 2 aromatic rings. The van der Waals surface area contributed by atoms with Gasteiger partial charge < -0.3 is 5.32 Å². The molecule has 0 spiro atoms. The van der Waals surface area contributed by atoms with E-state index in [9.17, 15) is 9.59 Å². The summed E-state index contributed by atoms with van der Waals surface area (Å²) in [5.41, 5.74) is 0.207. The van der Waals surface area contributed by atoms with Crippen molar-refractivity contribution in [3.05, 3.63) is 40.3 Å². The minimum absolute atomic E-state index is 0.0925. The van der Waals surface area contributed by atoms with Gasteiger partial charge in [-0.15, -0.1) is 0 Å². The summed E-state index contributed by atoms with van der Waals surface area (Å²) in [6.45, 7) is 3.80. The maximum atomic E-state index is 12.9. The molecule has 0 aliphatic heterocycles. The van der Waals surface area contributed by atoms with Crippen molar-refractivity contribution in [2.45, 2.75) is 70.9 Å². The van der Waals surface area contributed by atoms with Gasteiger partial charge in [-0.3, -0.25) is 9.59 Å². The molecule has 1 aromatic carbocycles. The molecule has 25 heavy (non-hydrogen) atoms. The van der Waals surface area contributed by atoms with Crippen LogP contribution in [0.3, 0.4) is 0 Å². The van der Waals surface area contributed by atoms with E-state index < -0.39 is 0 Å². The highest BCUT2D eigenvalue weighted by Gasteiger charge is 2.20. The third-order valence-electron chi connectivity index (χ3n) is 4.97. The van der Waals surface area contributed by atoms with E-state index in [0.29, 0.717) is 16.5 Å². The monoisotopic (exact) mass is 341 g/mol. The lowest BCUT2D eigenvalue weighted by molar-refractivity contribution is 0.0924. The van der Waals surface area contributed by atoms with Crippen molar-refractivity contribution in [3.63, 3.8) is 0 Å². The molecule has 1 aliphatic rings. The van der Waals surface area contributed by atoms with Gasteiger partial charge in [0.05, 0.1) is 11.4 Å². The molecule has 0 atom stereocenters. The summed E-state index contributed by atoms with van der Waals surface area (Å²) in [6.07, 6.45) is 8.14. The van der Waals surface area contributed by atoms with Crippen LogP contribution >= 0.6 is 0 Å². The Morgan fingerprint density at radius 3 is 2.32 bits per heavy atom. The van der Waals surface area contributed by atoms with Crippen LogP contribution in [0.5, 0.6) is 0 Å². The number of carbonyl (C=O) groups is 1. The van der Waals surface area contributed by atoms with E-state index in [1.54, 1.807) is 12.1 Å². The molecule has 1 amide bonds. The molecule has 3 rings (SSSR count). The first-order valence-electron chi connectivity index (χ1n) is 9.40. The van der Waals surface area contributed by atoms with Crippen LogP contribution < -0.4 is 10.9 Å². The molecule has 5 nitrogen and oxygen atoms in total. The second kappa shape index (κ2) is 7.81. The lowest BCUT2D eigenvalue weighted by Crippen LogP contribution is -2.37. The quantitative estimate of drug-likeness (QED) is 0.923. The fourth-order valence-corrected chi connectivity index (χ4v) is 3.58. The highest BCUT2D eigenvalue weighted by Crippen LogP contribution is 2.19. The Hall–Kier alpha value is -2.17. The Morgan fingerprint density at radius 1 is 1.08 bits per heavy atom. The number of nitrogens with one attached hydrogen (secondary N) is 1. The van der Waals surface area contributed by atoms with Crippen molar-refractivity contribution in [3.8, 4) is 0 Å². The number of hydrogen-bond donors (Lipinski definition) is 1. The van der Waals surface area contributed by atoms with Crippen LogP contribution in [0.15, 0.2) is 29.1 Å². The molecule has 1 saturated carbocycles. The Labute approximate surface area is 148 Å². The minimum atomic E-state index is -0.170. The van der Waals surface area contributed by atoms with E-state index in [2.05, 4.69) is 10.4 Å². The Bertz CT molecular complexity index is 802. The number of amides is 1. The van der Waals surface area contributed by atoms with Crippen LogP contribution in [0.1, 0.15) is 75.3 Å². The van der Waals surface area contributed by atoms with E-state index in [0.717, 1.165) is 25.7 Å². The Morgan fingerprint density at radius 2 is 1.68 bits per heavy atom. The maximum absolute atomic E-state index is 12.9. The van der Waals surface area contributed by atoms with Gasteiger partial charge in [-0.2, -0.15) is 5.10 Å². The number of rotatable bonds is 3. The number of aromatic nitrogens is 2. The van der Waals surface area contributed by atoms with Crippen molar-refractivity contribution < 1.29 is 4.79 Å². The summed E-state index contributed by atoms with van der Waals surface area (Å²) in [5.74, 6) is -0.170. The fourth-order valence-electron chi connectivity index (χ4n) is 3.58. The Balaban J connectivity index is 1.95. The lowest BCUT2D eigenvalue weighted by atomic mass is 9.96. The average molecular weight is 341 g/mol. The van der Waals surface area contributed by atoms with Crippen molar-refractivity contribution in [1.29, 1.82) is 0 Å². The van der Waals surface area contributed by atoms with Crippen LogP contribution in [0, 0.1) is 0 Å². The number of benzene rings is 1. The Kier molecular flexibility index (Phi) is 5.51. The van der Waals surface area contributed by atoms with Crippen LogP contribution in [0.2, 0.25) is 0 Å². The SMILES string of the molecule is CC(C)n1nc(C(=O)NC2CCCCCCC2)c2ccccc2c1=O. The van der Waals surface area contributed by atoms with E-state index in [4.69, 9.17) is 0 Å². The summed E-state index contributed by atoms with van der Waals surface area (Å²) < 4.78 is 1.41. The first kappa shape index (κ1) is 17.6. The zero-order chi connectivity index (χ0) is 17.8. The molecule has 1 heterocycles. The smallest absolute Gasteiger partial charge is 0.274 e. The number of carbonyl (C=O) groups excluding carboxylic acids is 1. The molecular weight excluding hydrogens is 314 g/mol. The lowest BCUT2D eigenvalue weighted by Gasteiger charge is -2.21. The molecule has 1 fully saturated rings. The molecule has 0 bridgehead atoms. The van der Waals surface area contributed by atoms with E-state index in [1.807, 2.05) is 26.0 Å². The molecule has 0 saturated heterocycles. The standard InChI is InChI=1S/C20H27N3O2/c1-14(2)23-20(25)17-13-9-8-12-16(17)18(22-23)19(24)21-15-10-6-4-3-5-7-11-15/h8-9,12-15H,3-7,10-11H2,1-2H3,(H,21,24). The van der Waals surface area contributed by atoms with Crippen LogP contribution in [-0.2, 0) is 0 Å². The number of fused-ring (bicyclic) bond motifs is 1. The van der Waals surface area contributed by atoms with Crippen LogP contribution in [-0.4, -0.2) is 21.7 Å². The average Bonchev–Trinajstić information content (AvgIpc) is 2.57. The van der Waals surface area contributed by atoms with Gasteiger partial charge in [-0.1, -0.05) is 50.3 Å². The second-order valence-corrected chi connectivity index (χ2v) is 7.25. The van der Waals surface area contributed by atoms with Crippen molar-refractivity contribution in [1.82, 2.24) is 15.1 Å². The van der Waals surface area contributed by atoms with Gasteiger partial charge in [-0.05, 0) is 32.8 Å². The summed E-state index contributed by atoms with van der Waals surface area (Å²) in [7, 11) is 0. The molecule has 0 unspecified atom stereocenters. The normalized spacial score (nSPS) is 16.6. The highest BCUT2D eigenvalue weighted by molar-refractivity contribution is 6.04. The second-order valence-electron chi connectivity index (χ2n) is 7.25. The zero-order valence-corrected chi connectivity index (χ0v) is 15.1. The third kappa shape index (κ3) is 3.91. The van der Waals surface area contributed by atoms with Crippen LogP contribution in [0.4, 0.5) is 0 Å². The van der Waals surface area contributed by atoms with Gasteiger partial charge in [0.15, 0.2) is 5.69 Å². The summed E-state index contributed by atoms with van der Waals surface area (Å²) in [4.78, 5) is 25.5. The number of nitrogens with zero attached hydrogens (tertiary/aromatic N) is 2. The highest BCUT2D eigenvalue weighted by atomic mass is 16.2. The summed E-state index contributed by atoms with van der Waals surface area (Å²) >= 11 is 0. The molecule has 1 aliphatic carbocycles. The molecule has 5 heteroatoms. The summed E-state index contributed by atoms with van der Waals surface area (Å²) in [6, 6.07) is 7.35. The van der Waals surface area contributed by atoms with Gasteiger partial charge >= 0.3 is 0 Å². The maximum Gasteiger partial charge on any atom is 0.274 e. The first-order chi connectivity index (χ1) is 12.1. The van der Waals surface area contributed by atoms with Gasteiger partial charge in [0.1, 0.15) is 0 Å². The predicted molar refractivity (Wildman–Crippen MR) is 100.0 cm³/mol. The van der Waals surface area contributed by atoms with E-state index in [1.165, 1.54) is 23.9 Å². The molecule has 134 valence electrons. The molecule has 0 radical (unpaired) electrons. The largest absolute Gasteiger partial charge is 0.348 e. The van der Waals surface area contributed by atoms with E-state index in [-0.39, 0.29) is 23.6 Å². The van der Waals surface area contributed by atoms with Gasteiger partial charge in [0, 0.05) is 11.4 Å². The summed E-state index contributed by atoms with van der Waals surface area (Å²) in [5, 5.41) is 8.75. The molecule has 1 aromatic heterocycles. The first-order valence-corrected chi connectivity index (χ1v) is 9.40. The fraction of sp³-hybridized carbons (Fsp3) is 0.550.